The van der Waals surface area contributed by atoms with Gasteiger partial charge in [0.2, 0.25) is 11.8 Å². The second-order valence-electron chi connectivity index (χ2n) is 6.76. The predicted molar refractivity (Wildman–Crippen MR) is 95.2 cm³/mol. The van der Waals surface area contributed by atoms with Crippen molar-refractivity contribution in [2.45, 2.75) is 39.4 Å². The van der Waals surface area contributed by atoms with Crippen LogP contribution in [0.2, 0.25) is 0 Å². The summed E-state index contributed by atoms with van der Waals surface area (Å²) in [5.41, 5.74) is 0. The SMILES string of the molecule is Cc1ccc(CN(C)C(=O)CC2C(=O)NCCN2Cc2ccc(C)o2)o1. The molecule has 1 unspecified atom stereocenters. The molecule has 2 aromatic heterocycles. The number of carbonyl (C=O) groups excluding carboxylic acids is 2. The summed E-state index contributed by atoms with van der Waals surface area (Å²) in [6.45, 7) is 5.92. The van der Waals surface area contributed by atoms with Crippen LogP contribution in [0.5, 0.6) is 0 Å². The Labute approximate surface area is 152 Å². The summed E-state index contributed by atoms with van der Waals surface area (Å²) in [7, 11) is 1.72. The molecule has 1 N–H and O–H groups in total. The predicted octanol–water partition coefficient (Wildman–Crippen LogP) is 1.84. The van der Waals surface area contributed by atoms with Crippen molar-refractivity contribution in [3.8, 4) is 0 Å². The van der Waals surface area contributed by atoms with Gasteiger partial charge in [-0.1, -0.05) is 0 Å². The Morgan fingerprint density at radius 3 is 2.46 bits per heavy atom. The van der Waals surface area contributed by atoms with Gasteiger partial charge in [-0.2, -0.15) is 0 Å². The minimum Gasteiger partial charge on any atom is -0.465 e. The summed E-state index contributed by atoms with van der Waals surface area (Å²) in [5, 5.41) is 2.85. The van der Waals surface area contributed by atoms with Gasteiger partial charge in [-0.05, 0) is 38.1 Å². The number of carbonyl (C=O) groups is 2. The summed E-state index contributed by atoms with van der Waals surface area (Å²) in [4.78, 5) is 28.6. The first kappa shape index (κ1) is 18.3. The molecule has 140 valence electrons. The molecule has 0 radical (unpaired) electrons. The van der Waals surface area contributed by atoms with Crippen LogP contribution in [-0.4, -0.2) is 47.8 Å². The number of aryl methyl sites for hydroxylation is 2. The summed E-state index contributed by atoms with van der Waals surface area (Å²) < 4.78 is 11.1. The first-order chi connectivity index (χ1) is 12.4. The van der Waals surface area contributed by atoms with Gasteiger partial charge in [0, 0.05) is 20.1 Å². The fourth-order valence-corrected chi connectivity index (χ4v) is 3.16. The molecule has 26 heavy (non-hydrogen) atoms. The summed E-state index contributed by atoms with van der Waals surface area (Å²) in [5.74, 6) is 2.97. The molecule has 0 aromatic carbocycles. The van der Waals surface area contributed by atoms with Gasteiger partial charge < -0.3 is 19.1 Å². The van der Waals surface area contributed by atoms with Crippen LogP contribution >= 0.6 is 0 Å². The molecule has 1 aliphatic rings. The number of nitrogens with one attached hydrogen (secondary N) is 1. The highest BCUT2D eigenvalue weighted by Crippen LogP contribution is 2.17. The van der Waals surface area contributed by atoms with Crippen LogP contribution in [0.1, 0.15) is 29.5 Å². The van der Waals surface area contributed by atoms with Crippen molar-refractivity contribution in [2.75, 3.05) is 20.1 Å². The molecule has 3 rings (SSSR count). The van der Waals surface area contributed by atoms with Crippen LogP contribution in [0.15, 0.2) is 33.1 Å². The zero-order valence-electron chi connectivity index (χ0n) is 15.4. The summed E-state index contributed by atoms with van der Waals surface area (Å²) in [6.07, 6.45) is 0.127. The van der Waals surface area contributed by atoms with Gasteiger partial charge in [-0.3, -0.25) is 14.5 Å². The lowest BCUT2D eigenvalue weighted by Gasteiger charge is -2.34. The first-order valence-electron chi connectivity index (χ1n) is 8.78. The number of hydrogen-bond donors (Lipinski definition) is 1. The molecule has 3 heterocycles. The Morgan fingerprint density at radius 1 is 1.19 bits per heavy atom. The third-order valence-corrected chi connectivity index (χ3v) is 4.58. The van der Waals surface area contributed by atoms with Crippen molar-refractivity contribution < 1.29 is 18.4 Å². The molecule has 0 spiro atoms. The van der Waals surface area contributed by atoms with Crippen LogP contribution in [0.25, 0.3) is 0 Å². The lowest BCUT2D eigenvalue weighted by molar-refractivity contribution is -0.138. The number of amides is 2. The van der Waals surface area contributed by atoms with Gasteiger partial charge in [-0.15, -0.1) is 0 Å². The Bertz CT molecular complexity index is 779. The summed E-state index contributed by atoms with van der Waals surface area (Å²) >= 11 is 0. The standard InChI is InChI=1S/C19H25N3O4/c1-13-4-6-15(25-13)11-21(3)18(23)10-17-19(24)20-8-9-22(17)12-16-7-5-14(2)26-16/h4-7,17H,8-12H2,1-3H3,(H,20,24). The molecule has 1 aliphatic heterocycles. The van der Waals surface area contributed by atoms with E-state index in [1.165, 1.54) is 0 Å². The van der Waals surface area contributed by atoms with Gasteiger partial charge in [-0.25, -0.2) is 0 Å². The smallest absolute Gasteiger partial charge is 0.237 e. The second-order valence-corrected chi connectivity index (χ2v) is 6.76. The first-order valence-corrected chi connectivity index (χ1v) is 8.78. The number of hydrogen-bond acceptors (Lipinski definition) is 5. The van der Waals surface area contributed by atoms with Gasteiger partial charge in [0.05, 0.1) is 25.6 Å². The van der Waals surface area contributed by atoms with Crippen LogP contribution < -0.4 is 5.32 Å². The Kier molecular flexibility index (Phi) is 5.46. The molecule has 7 heteroatoms. The topological polar surface area (TPSA) is 78.9 Å². The quantitative estimate of drug-likeness (QED) is 0.851. The Morgan fingerprint density at radius 2 is 1.85 bits per heavy atom. The van der Waals surface area contributed by atoms with E-state index in [0.717, 1.165) is 23.0 Å². The molecule has 1 saturated heterocycles. The molecule has 2 amide bonds. The molecular formula is C19H25N3O4. The monoisotopic (exact) mass is 359 g/mol. The van der Waals surface area contributed by atoms with E-state index in [9.17, 15) is 9.59 Å². The highest BCUT2D eigenvalue weighted by Gasteiger charge is 2.33. The average Bonchev–Trinajstić information content (AvgIpc) is 3.18. The minimum absolute atomic E-state index is 0.0956. The van der Waals surface area contributed by atoms with Gasteiger partial charge >= 0.3 is 0 Å². The third kappa shape index (κ3) is 4.35. The number of rotatable bonds is 6. The largest absolute Gasteiger partial charge is 0.465 e. The van der Waals surface area contributed by atoms with E-state index >= 15 is 0 Å². The van der Waals surface area contributed by atoms with E-state index in [4.69, 9.17) is 8.83 Å². The maximum absolute atomic E-state index is 12.6. The van der Waals surface area contributed by atoms with Gasteiger partial charge in [0.15, 0.2) is 0 Å². The van der Waals surface area contributed by atoms with Crippen molar-refractivity contribution in [1.29, 1.82) is 0 Å². The van der Waals surface area contributed by atoms with Gasteiger partial charge in [0.25, 0.3) is 0 Å². The van der Waals surface area contributed by atoms with E-state index in [1.807, 2.05) is 43.0 Å². The number of nitrogens with zero attached hydrogens (tertiary/aromatic N) is 2. The van der Waals surface area contributed by atoms with E-state index < -0.39 is 6.04 Å². The third-order valence-electron chi connectivity index (χ3n) is 4.58. The van der Waals surface area contributed by atoms with Crippen molar-refractivity contribution >= 4 is 11.8 Å². The van der Waals surface area contributed by atoms with Crippen LogP contribution in [-0.2, 0) is 22.7 Å². The fraction of sp³-hybridized carbons (Fsp3) is 0.474. The fourth-order valence-electron chi connectivity index (χ4n) is 3.16. The molecule has 7 nitrogen and oxygen atoms in total. The van der Waals surface area contributed by atoms with E-state index in [2.05, 4.69) is 5.32 Å². The van der Waals surface area contributed by atoms with Crippen molar-refractivity contribution in [2.24, 2.45) is 0 Å². The highest BCUT2D eigenvalue weighted by atomic mass is 16.3. The second kappa shape index (κ2) is 7.78. The molecular weight excluding hydrogens is 334 g/mol. The van der Waals surface area contributed by atoms with Crippen LogP contribution in [0.4, 0.5) is 0 Å². The minimum atomic E-state index is -0.498. The Hall–Kier alpha value is -2.54. The van der Waals surface area contributed by atoms with Crippen molar-refractivity contribution in [3.63, 3.8) is 0 Å². The average molecular weight is 359 g/mol. The van der Waals surface area contributed by atoms with Crippen LogP contribution in [0.3, 0.4) is 0 Å². The highest BCUT2D eigenvalue weighted by molar-refractivity contribution is 5.88. The van der Waals surface area contributed by atoms with Crippen molar-refractivity contribution in [1.82, 2.24) is 15.1 Å². The molecule has 1 fully saturated rings. The van der Waals surface area contributed by atoms with Crippen molar-refractivity contribution in [3.05, 3.63) is 47.3 Å². The maximum Gasteiger partial charge on any atom is 0.237 e. The zero-order chi connectivity index (χ0) is 18.7. The maximum atomic E-state index is 12.6. The molecule has 0 aliphatic carbocycles. The number of piperazine rings is 1. The zero-order valence-corrected chi connectivity index (χ0v) is 15.4. The Balaban J connectivity index is 1.63. The molecule has 0 saturated carbocycles. The van der Waals surface area contributed by atoms with Crippen LogP contribution in [0, 0.1) is 13.8 Å². The van der Waals surface area contributed by atoms with E-state index in [0.29, 0.717) is 26.2 Å². The molecule has 0 bridgehead atoms. The normalized spacial score (nSPS) is 18.0. The van der Waals surface area contributed by atoms with Gasteiger partial charge in [0.1, 0.15) is 23.0 Å². The molecule has 2 aromatic rings. The lowest BCUT2D eigenvalue weighted by atomic mass is 10.1. The van der Waals surface area contributed by atoms with E-state index in [1.54, 1.807) is 11.9 Å². The summed E-state index contributed by atoms with van der Waals surface area (Å²) in [6, 6.07) is 7.04. The lowest BCUT2D eigenvalue weighted by Crippen LogP contribution is -2.56. The molecule has 1 atom stereocenters. The number of furan rings is 2. The van der Waals surface area contributed by atoms with E-state index in [-0.39, 0.29) is 18.2 Å².